The van der Waals surface area contributed by atoms with Gasteiger partial charge in [-0.25, -0.2) is 0 Å². The van der Waals surface area contributed by atoms with Gasteiger partial charge in [-0.3, -0.25) is 29.3 Å². The van der Waals surface area contributed by atoms with E-state index in [1.165, 1.54) is 38.1 Å². The lowest BCUT2D eigenvalue weighted by atomic mass is 9.99. The number of carbonyl (C=O) groups is 5. The normalized spacial score (nSPS) is 14.7. The molecule has 1 heterocycles. The second kappa shape index (κ2) is 24.1. The summed E-state index contributed by atoms with van der Waals surface area (Å²) in [5.41, 5.74) is 9.04. The van der Waals surface area contributed by atoms with Crippen LogP contribution < -0.4 is 32.3 Å². The molecule has 0 aliphatic carbocycles. The Labute approximate surface area is 361 Å². The van der Waals surface area contributed by atoms with Crippen LogP contribution in [-0.4, -0.2) is 124 Å². The Balaban J connectivity index is 1.64. The first-order chi connectivity index (χ1) is 29.2. The molecular formula is C44H60N8O8S. The molecule has 0 saturated carbocycles. The van der Waals surface area contributed by atoms with Crippen molar-refractivity contribution in [3.63, 3.8) is 0 Å². The predicted molar refractivity (Wildman–Crippen MR) is 236 cm³/mol. The molecule has 17 heteroatoms. The van der Waals surface area contributed by atoms with Crippen LogP contribution in [0.1, 0.15) is 49.3 Å². The van der Waals surface area contributed by atoms with Crippen LogP contribution >= 0.6 is 12.6 Å². The van der Waals surface area contributed by atoms with Crippen LogP contribution in [0.25, 0.3) is 10.9 Å². The molecule has 1 unspecified atom stereocenters. The van der Waals surface area contributed by atoms with Gasteiger partial charge in [0.1, 0.15) is 30.1 Å². The third-order valence-electron chi connectivity index (χ3n) is 10.5. The van der Waals surface area contributed by atoms with Crippen LogP contribution in [0.2, 0.25) is 0 Å². The van der Waals surface area contributed by atoms with Crippen LogP contribution in [0.5, 0.6) is 5.75 Å². The van der Waals surface area contributed by atoms with Gasteiger partial charge < -0.3 is 52.2 Å². The van der Waals surface area contributed by atoms with E-state index < -0.39 is 66.2 Å². The molecule has 11 N–H and O–H groups in total. The number of likely N-dealkylation sites (N-methyl/N-ethyl adjacent to an activating group) is 2. The molecule has 4 aromatic rings. The molecule has 0 bridgehead atoms. The number of fused-ring (bicyclic) bond motifs is 1. The summed E-state index contributed by atoms with van der Waals surface area (Å²) in [4.78, 5) is 73.1. The average Bonchev–Trinajstić information content (AvgIpc) is 3.66. The molecule has 5 amide bonds. The maximum absolute atomic E-state index is 14.6. The van der Waals surface area contributed by atoms with E-state index in [4.69, 9.17) is 5.73 Å². The zero-order chi connectivity index (χ0) is 44.5. The average molecular weight is 861 g/mol. The van der Waals surface area contributed by atoms with Crippen LogP contribution in [-0.2, 0) is 43.2 Å². The fourth-order valence-electron chi connectivity index (χ4n) is 6.95. The Bertz CT molecular complexity index is 2030. The summed E-state index contributed by atoms with van der Waals surface area (Å²) in [6.45, 7) is 1.74. The Hall–Kier alpha value is -5.46. The van der Waals surface area contributed by atoms with Crippen LogP contribution in [0.4, 0.5) is 0 Å². The fraction of sp³-hybridized carbons (Fsp3) is 0.432. The number of nitrogens with zero attached hydrogens (tertiary/aromatic N) is 1. The lowest BCUT2D eigenvalue weighted by Crippen LogP contribution is -2.61. The van der Waals surface area contributed by atoms with Crippen molar-refractivity contribution in [1.82, 2.24) is 36.5 Å². The van der Waals surface area contributed by atoms with E-state index >= 15 is 0 Å². The molecule has 4 rings (SSSR count). The molecule has 0 fully saturated rings. The number of aromatic amines is 1. The molecule has 0 aliphatic rings. The van der Waals surface area contributed by atoms with Crippen LogP contribution in [0, 0.1) is 0 Å². The number of hydrogen-bond donors (Lipinski definition) is 11. The van der Waals surface area contributed by atoms with Crippen molar-refractivity contribution in [1.29, 1.82) is 0 Å². The number of hydrogen-bond acceptors (Lipinski definition) is 11. The third kappa shape index (κ3) is 14.6. The van der Waals surface area contributed by atoms with Crippen molar-refractivity contribution < 1.29 is 39.3 Å². The van der Waals surface area contributed by atoms with E-state index in [2.05, 4.69) is 44.2 Å². The number of H-pyrrole nitrogens is 1. The van der Waals surface area contributed by atoms with Gasteiger partial charge in [0, 0.05) is 57.0 Å². The summed E-state index contributed by atoms with van der Waals surface area (Å²) >= 11 is 4.10. The van der Waals surface area contributed by atoms with Gasteiger partial charge >= 0.3 is 0 Å². The van der Waals surface area contributed by atoms with Crippen molar-refractivity contribution in [3.05, 3.63) is 102 Å². The number of thiol groups is 1. The number of aromatic nitrogens is 1. The highest BCUT2D eigenvalue weighted by molar-refractivity contribution is 7.80. The van der Waals surface area contributed by atoms with Gasteiger partial charge in [-0.05, 0) is 73.2 Å². The monoisotopic (exact) mass is 860 g/mol. The summed E-state index contributed by atoms with van der Waals surface area (Å²) in [7, 11) is 2.92. The first kappa shape index (κ1) is 48.2. The predicted octanol–water partition coefficient (Wildman–Crippen LogP) is 1.04. The van der Waals surface area contributed by atoms with E-state index in [1.54, 1.807) is 30.5 Å². The van der Waals surface area contributed by atoms with E-state index in [1.807, 2.05) is 42.5 Å². The van der Waals surface area contributed by atoms with Crippen molar-refractivity contribution >= 4 is 53.1 Å². The van der Waals surface area contributed by atoms with Gasteiger partial charge in [0.25, 0.3) is 0 Å². The topological polar surface area (TPSA) is 251 Å². The number of para-hydroxylation sites is 1. The lowest BCUT2D eigenvalue weighted by molar-refractivity contribution is -0.142. The molecule has 0 saturated heterocycles. The number of rotatable bonds is 24. The van der Waals surface area contributed by atoms with E-state index in [-0.39, 0.29) is 43.8 Å². The van der Waals surface area contributed by atoms with Gasteiger partial charge in [0.2, 0.25) is 29.5 Å². The summed E-state index contributed by atoms with van der Waals surface area (Å²) in [5, 5.41) is 45.8. The highest BCUT2D eigenvalue weighted by Gasteiger charge is 2.36. The molecular weight excluding hydrogens is 801 g/mol. The second-order valence-electron chi connectivity index (χ2n) is 15.1. The first-order valence-corrected chi connectivity index (χ1v) is 21.1. The number of unbranched alkanes of at least 4 members (excludes halogenated alkanes) is 1. The number of aliphatic hydroxyl groups is 2. The minimum absolute atomic E-state index is 0.00685. The second-order valence-corrected chi connectivity index (χ2v) is 15.6. The van der Waals surface area contributed by atoms with Gasteiger partial charge in [0.15, 0.2) is 0 Å². The molecule has 330 valence electrons. The quantitative estimate of drug-likeness (QED) is 0.0271. The molecule has 0 radical (unpaired) electrons. The highest BCUT2D eigenvalue weighted by atomic mass is 32.1. The molecule has 0 spiro atoms. The Kier molecular flexibility index (Phi) is 19.0. The highest BCUT2D eigenvalue weighted by Crippen LogP contribution is 2.20. The summed E-state index contributed by atoms with van der Waals surface area (Å²) in [5.74, 6) is -2.11. The van der Waals surface area contributed by atoms with Crippen molar-refractivity contribution in [3.8, 4) is 5.75 Å². The molecule has 3 aromatic carbocycles. The number of nitrogens with two attached hydrogens (primary N) is 1. The van der Waals surface area contributed by atoms with Crippen molar-refractivity contribution in [2.24, 2.45) is 5.73 Å². The lowest BCUT2D eigenvalue weighted by Gasteiger charge is -2.34. The molecule has 7 atom stereocenters. The molecule has 61 heavy (non-hydrogen) atoms. The fourth-order valence-corrected chi connectivity index (χ4v) is 7.15. The number of aliphatic hydroxyl groups excluding tert-OH is 2. The molecule has 16 nitrogen and oxygen atoms in total. The molecule has 0 aliphatic heterocycles. The third-order valence-corrected chi connectivity index (χ3v) is 10.8. The number of carbonyl (C=O) groups excluding carboxylic acids is 5. The van der Waals surface area contributed by atoms with Crippen LogP contribution in [0.15, 0.2) is 85.1 Å². The zero-order valence-electron chi connectivity index (χ0n) is 34.8. The maximum Gasteiger partial charge on any atom is 0.243 e. The van der Waals surface area contributed by atoms with E-state index in [0.29, 0.717) is 30.7 Å². The number of phenols is 1. The smallest absolute Gasteiger partial charge is 0.243 e. The van der Waals surface area contributed by atoms with Gasteiger partial charge in [-0.1, -0.05) is 60.7 Å². The Morgan fingerprint density at radius 2 is 1.43 bits per heavy atom. The maximum atomic E-state index is 14.6. The Morgan fingerprint density at radius 1 is 0.803 bits per heavy atom. The minimum atomic E-state index is -1.49. The standard InChI is InChI=1S/C44H60N8O8S/c1-27(53)39(45)43(59)51-36(24-28-11-5-4-6-12-28)44(60)52(3)37(15-9-10-21-47-38(55)20-22-61)42(58)50-34(23-29-16-18-31(54)19-17-29)41(57)49-35(40(56)46-2)25-30-26-48-33-14-8-7-13-32(30)33/h4-8,11-14,16-19,26-27,34-37,39,43,48,51,53-54,59,61H,9-10,15,20-25,45H2,1-3H3,(H,46,56)(H,47,55)(H,49,57)(H,50,58)/t27-,34+,35-,36+,37+,39+,43?/m1/s1. The minimum Gasteiger partial charge on any atom is -0.508 e. The number of phenolic OH excluding ortho intramolecular Hbond substituents is 1. The number of benzene rings is 3. The summed E-state index contributed by atoms with van der Waals surface area (Å²) in [6, 6.07) is 17.1. The van der Waals surface area contributed by atoms with Crippen molar-refractivity contribution in [2.75, 3.05) is 26.4 Å². The number of amides is 5. The SMILES string of the molecule is CNC(=O)[C@@H](Cc1c[nH]c2ccccc12)NC(=O)[C@H](Cc1ccc(O)cc1)NC(=O)[C@H](CCCCNC(=O)CCS)N(C)C(=O)[C@H](Cc1ccccc1)NC(O)[C@@H](N)[C@@H](C)O. The largest absolute Gasteiger partial charge is 0.508 e. The first-order valence-electron chi connectivity index (χ1n) is 20.4. The van der Waals surface area contributed by atoms with E-state index in [9.17, 15) is 39.3 Å². The Morgan fingerprint density at radius 3 is 2.10 bits per heavy atom. The van der Waals surface area contributed by atoms with Gasteiger partial charge in [0.05, 0.1) is 18.2 Å². The van der Waals surface area contributed by atoms with Crippen LogP contribution in [0.3, 0.4) is 0 Å². The van der Waals surface area contributed by atoms with Crippen molar-refractivity contribution in [2.45, 2.75) is 94.4 Å². The van der Waals surface area contributed by atoms with Gasteiger partial charge in [-0.2, -0.15) is 12.6 Å². The summed E-state index contributed by atoms with van der Waals surface area (Å²) in [6.07, 6.45) is 0.618. The van der Waals surface area contributed by atoms with E-state index in [0.717, 1.165) is 22.0 Å². The summed E-state index contributed by atoms with van der Waals surface area (Å²) < 4.78 is 0. The zero-order valence-corrected chi connectivity index (χ0v) is 35.7. The number of aromatic hydroxyl groups is 1. The molecule has 1 aromatic heterocycles. The number of nitrogens with one attached hydrogen (secondary N) is 6. The van der Waals surface area contributed by atoms with Gasteiger partial charge in [-0.15, -0.1) is 0 Å².